The summed E-state index contributed by atoms with van der Waals surface area (Å²) in [7, 11) is 0. The van der Waals surface area contributed by atoms with Crippen molar-refractivity contribution in [2.75, 3.05) is 32.8 Å². The molecule has 2 aromatic rings. The van der Waals surface area contributed by atoms with Gasteiger partial charge < -0.3 is 14.4 Å². The van der Waals surface area contributed by atoms with Crippen molar-refractivity contribution in [2.24, 2.45) is 11.3 Å². The quantitative estimate of drug-likeness (QED) is 0.815. The fourth-order valence-electron chi connectivity index (χ4n) is 4.57. The molecular weight excluding hydrogens is 360 g/mol. The summed E-state index contributed by atoms with van der Waals surface area (Å²) in [5.74, 6) is 0.408. The van der Waals surface area contributed by atoms with Crippen LogP contribution in [0.3, 0.4) is 0 Å². The number of aliphatic hydroxyl groups is 1. The minimum atomic E-state index is -0.333. The summed E-state index contributed by atoms with van der Waals surface area (Å²) >= 11 is 0. The average molecular weight is 386 g/mol. The van der Waals surface area contributed by atoms with Crippen molar-refractivity contribution in [1.82, 2.24) is 19.6 Å². The molecule has 2 aliphatic rings. The fraction of sp³-hybridized carbons (Fsp3) is 0.550. The average Bonchev–Trinajstić information content (AvgIpc) is 3.33. The second-order valence-corrected chi connectivity index (χ2v) is 8.04. The Morgan fingerprint density at radius 3 is 2.82 bits per heavy atom. The second kappa shape index (κ2) is 7.18. The van der Waals surface area contributed by atoms with Crippen LogP contribution in [0.5, 0.6) is 0 Å². The highest BCUT2D eigenvalue weighted by Gasteiger charge is 2.53. The predicted molar refractivity (Wildman–Crippen MR) is 102 cm³/mol. The van der Waals surface area contributed by atoms with E-state index in [1.54, 1.807) is 11.8 Å². The zero-order valence-electron chi connectivity index (χ0n) is 16.3. The van der Waals surface area contributed by atoms with Crippen molar-refractivity contribution in [3.63, 3.8) is 0 Å². The van der Waals surface area contributed by atoms with Crippen LogP contribution in [0, 0.1) is 18.3 Å². The first-order chi connectivity index (χ1) is 13.4. The number of amides is 1. The number of hydrogen-bond donors (Lipinski definition) is 1. The molecule has 0 aliphatic carbocycles. The summed E-state index contributed by atoms with van der Waals surface area (Å²) in [5.41, 5.74) is 0.590. The number of rotatable bonds is 5. The molecular formula is C20H26N4O4. The summed E-state index contributed by atoms with van der Waals surface area (Å²) in [6.45, 7) is 7.95. The van der Waals surface area contributed by atoms with Crippen molar-refractivity contribution >= 4 is 5.91 Å². The molecule has 2 aliphatic heterocycles. The van der Waals surface area contributed by atoms with Gasteiger partial charge in [0.25, 0.3) is 5.91 Å². The van der Waals surface area contributed by atoms with E-state index in [9.17, 15) is 14.7 Å². The van der Waals surface area contributed by atoms with Gasteiger partial charge in [0.15, 0.2) is 11.2 Å². The van der Waals surface area contributed by atoms with Gasteiger partial charge in [-0.25, -0.2) is 0 Å². The molecule has 2 atom stereocenters. The Hall–Kier alpha value is -2.45. The zero-order valence-corrected chi connectivity index (χ0v) is 16.3. The topological polar surface area (TPSA) is 91.8 Å². The van der Waals surface area contributed by atoms with Crippen molar-refractivity contribution < 1.29 is 14.3 Å². The SMILES string of the molecule is CCn1cc(CN2CC3CN(C(=O)c4cc(=O)cc(C)o4)CC3(CO)C2)cn1. The smallest absolute Gasteiger partial charge is 0.289 e. The van der Waals surface area contributed by atoms with Gasteiger partial charge in [-0.15, -0.1) is 0 Å². The normalized spacial score (nSPS) is 24.7. The van der Waals surface area contributed by atoms with E-state index in [4.69, 9.17) is 4.42 Å². The van der Waals surface area contributed by atoms with E-state index in [-0.39, 0.29) is 35.0 Å². The van der Waals surface area contributed by atoms with Gasteiger partial charge in [-0.3, -0.25) is 19.2 Å². The van der Waals surface area contributed by atoms with Crippen molar-refractivity contribution in [2.45, 2.75) is 26.9 Å². The molecule has 8 heteroatoms. The van der Waals surface area contributed by atoms with Crippen molar-refractivity contribution in [3.05, 3.63) is 51.8 Å². The van der Waals surface area contributed by atoms with Crippen molar-refractivity contribution in [1.29, 1.82) is 0 Å². The van der Waals surface area contributed by atoms with E-state index in [1.807, 2.05) is 10.9 Å². The molecule has 4 rings (SSSR count). The summed E-state index contributed by atoms with van der Waals surface area (Å²) in [6, 6.07) is 2.61. The van der Waals surface area contributed by atoms with E-state index >= 15 is 0 Å². The molecule has 0 spiro atoms. The van der Waals surface area contributed by atoms with E-state index in [0.29, 0.717) is 18.8 Å². The molecule has 4 heterocycles. The Balaban J connectivity index is 1.46. The van der Waals surface area contributed by atoms with Crippen LogP contribution in [0.2, 0.25) is 0 Å². The number of carbonyl (C=O) groups excluding carboxylic acids is 1. The third-order valence-electron chi connectivity index (χ3n) is 5.95. The molecule has 0 aromatic carbocycles. The molecule has 0 radical (unpaired) electrons. The Labute approximate surface area is 163 Å². The maximum Gasteiger partial charge on any atom is 0.289 e. The van der Waals surface area contributed by atoms with Gasteiger partial charge >= 0.3 is 0 Å². The van der Waals surface area contributed by atoms with Crippen LogP contribution in [0.1, 0.15) is 28.8 Å². The molecule has 150 valence electrons. The molecule has 1 N–H and O–H groups in total. The maximum atomic E-state index is 12.8. The first kappa shape index (κ1) is 18.9. The molecule has 28 heavy (non-hydrogen) atoms. The Bertz CT molecular complexity index is 936. The van der Waals surface area contributed by atoms with Crippen LogP contribution in [-0.2, 0) is 13.1 Å². The number of aliphatic hydroxyl groups excluding tert-OH is 1. The van der Waals surface area contributed by atoms with Crippen LogP contribution >= 0.6 is 0 Å². The number of aryl methyl sites for hydroxylation is 2. The Morgan fingerprint density at radius 1 is 1.36 bits per heavy atom. The van der Waals surface area contributed by atoms with Crippen LogP contribution in [0.25, 0.3) is 0 Å². The zero-order chi connectivity index (χ0) is 19.9. The lowest BCUT2D eigenvalue weighted by molar-refractivity contribution is 0.0685. The molecule has 8 nitrogen and oxygen atoms in total. The van der Waals surface area contributed by atoms with Crippen LogP contribution < -0.4 is 5.43 Å². The first-order valence-corrected chi connectivity index (χ1v) is 9.68. The monoisotopic (exact) mass is 386 g/mol. The maximum absolute atomic E-state index is 12.8. The molecule has 1 amide bonds. The summed E-state index contributed by atoms with van der Waals surface area (Å²) in [4.78, 5) is 28.6. The molecule has 2 fully saturated rings. The number of fused-ring (bicyclic) bond motifs is 1. The first-order valence-electron chi connectivity index (χ1n) is 9.68. The van der Waals surface area contributed by atoms with Crippen LogP contribution in [-0.4, -0.2) is 63.4 Å². The van der Waals surface area contributed by atoms with Crippen LogP contribution in [0.4, 0.5) is 0 Å². The molecule has 2 unspecified atom stereocenters. The summed E-state index contributed by atoms with van der Waals surface area (Å²) in [6.07, 6.45) is 3.94. The third kappa shape index (κ3) is 3.38. The van der Waals surface area contributed by atoms with E-state index in [0.717, 1.165) is 31.7 Å². The lowest BCUT2D eigenvalue weighted by atomic mass is 9.82. The number of likely N-dealkylation sites (tertiary alicyclic amines) is 2. The van der Waals surface area contributed by atoms with Gasteiger partial charge in [0.05, 0.1) is 12.8 Å². The standard InChI is InChI=1S/C20H26N4O4/c1-3-24-8-15(6-21-24)7-22-9-16-10-23(12-20(16,11-22)13-25)19(27)18-5-17(26)4-14(2)28-18/h4-6,8,16,25H,3,7,9-13H2,1-2H3. The van der Waals surface area contributed by atoms with Gasteiger partial charge in [0, 0.05) is 68.6 Å². The molecule has 0 bridgehead atoms. The predicted octanol–water partition coefficient (Wildman–Crippen LogP) is 0.731. The van der Waals surface area contributed by atoms with Gasteiger partial charge in [0.2, 0.25) is 0 Å². The third-order valence-corrected chi connectivity index (χ3v) is 5.95. The number of hydrogen-bond acceptors (Lipinski definition) is 6. The largest absolute Gasteiger partial charge is 0.456 e. The van der Waals surface area contributed by atoms with Gasteiger partial charge in [-0.1, -0.05) is 0 Å². The van der Waals surface area contributed by atoms with E-state index in [2.05, 4.69) is 23.1 Å². The van der Waals surface area contributed by atoms with Gasteiger partial charge in [-0.2, -0.15) is 5.10 Å². The van der Waals surface area contributed by atoms with Gasteiger partial charge in [0.1, 0.15) is 5.76 Å². The highest BCUT2D eigenvalue weighted by Crippen LogP contribution is 2.43. The Morgan fingerprint density at radius 2 is 2.18 bits per heavy atom. The number of aromatic nitrogens is 2. The lowest BCUT2D eigenvalue weighted by Gasteiger charge is -2.27. The minimum Gasteiger partial charge on any atom is -0.456 e. The molecule has 2 aromatic heterocycles. The second-order valence-electron chi connectivity index (χ2n) is 8.04. The van der Waals surface area contributed by atoms with Crippen molar-refractivity contribution in [3.8, 4) is 0 Å². The number of nitrogens with zero attached hydrogens (tertiary/aromatic N) is 4. The Kier molecular flexibility index (Phi) is 4.84. The fourth-order valence-corrected chi connectivity index (χ4v) is 4.57. The highest BCUT2D eigenvalue weighted by atomic mass is 16.3. The molecule has 2 saturated heterocycles. The lowest BCUT2D eigenvalue weighted by Crippen LogP contribution is -2.39. The summed E-state index contributed by atoms with van der Waals surface area (Å²) in [5, 5.41) is 14.5. The molecule has 0 saturated carbocycles. The van der Waals surface area contributed by atoms with E-state index in [1.165, 1.54) is 12.1 Å². The van der Waals surface area contributed by atoms with Crippen LogP contribution in [0.15, 0.2) is 33.7 Å². The highest BCUT2D eigenvalue weighted by molar-refractivity contribution is 5.91. The van der Waals surface area contributed by atoms with E-state index < -0.39 is 0 Å². The van der Waals surface area contributed by atoms with Gasteiger partial charge in [-0.05, 0) is 19.8 Å². The minimum absolute atomic E-state index is 0.0317. The number of carbonyl (C=O) groups is 1. The summed E-state index contributed by atoms with van der Waals surface area (Å²) < 4.78 is 7.37.